The lowest BCUT2D eigenvalue weighted by Crippen LogP contribution is -2.39. The third-order valence-electron chi connectivity index (χ3n) is 3.92. The Balaban J connectivity index is 2.15. The molecule has 0 saturated heterocycles. The highest BCUT2D eigenvalue weighted by molar-refractivity contribution is 7.92. The monoisotopic (exact) mass is 345 g/mol. The Labute approximate surface area is 139 Å². The summed E-state index contributed by atoms with van der Waals surface area (Å²) in [6, 6.07) is 10.5. The molecule has 0 N–H and O–H groups in total. The summed E-state index contributed by atoms with van der Waals surface area (Å²) < 4.78 is 27.1. The van der Waals surface area contributed by atoms with E-state index < -0.39 is 14.9 Å². The Morgan fingerprint density at radius 3 is 2.33 bits per heavy atom. The zero-order chi connectivity index (χ0) is 17.6. The third kappa shape index (κ3) is 2.31. The number of aryl methyl sites for hydroxylation is 1. The summed E-state index contributed by atoms with van der Waals surface area (Å²) in [5.41, 5.74) is 1.97. The molecule has 0 atom stereocenters. The van der Waals surface area contributed by atoms with E-state index in [9.17, 15) is 18.5 Å². The molecule has 0 spiro atoms. The van der Waals surface area contributed by atoms with Crippen molar-refractivity contribution in [1.82, 2.24) is 5.01 Å². The van der Waals surface area contributed by atoms with Gasteiger partial charge in [0, 0.05) is 24.7 Å². The minimum atomic E-state index is -3.86. The number of hydrazine groups is 1. The largest absolute Gasteiger partial charge is 0.281 e. The molecule has 2 aromatic carbocycles. The van der Waals surface area contributed by atoms with Crippen molar-refractivity contribution in [1.29, 1.82) is 0 Å². The first-order valence-corrected chi connectivity index (χ1v) is 8.51. The molecule has 0 aliphatic carbocycles. The van der Waals surface area contributed by atoms with Crippen molar-refractivity contribution in [3.8, 4) is 0 Å². The Morgan fingerprint density at radius 1 is 1.12 bits per heavy atom. The summed E-state index contributed by atoms with van der Waals surface area (Å²) in [6.07, 6.45) is 0. The molecule has 0 unspecified atom stereocenters. The maximum atomic E-state index is 13.0. The number of sulfonamides is 1. The molecular formula is C16H15N3O4S. The maximum Gasteiger partial charge on any atom is 0.281 e. The number of fused-ring (bicyclic) bond motifs is 1. The second-order valence-corrected chi connectivity index (χ2v) is 7.26. The van der Waals surface area contributed by atoms with E-state index in [1.807, 2.05) is 6.92 Å². The van der Waals surface area contributed by atoms with E-state index >= 15 is 0 Å². The lowest BCUT2D eigenvalue weighted by molar-refractivity contribution is -0.384. The highest BCUT2D eigenvalue weighted by Crippen LogP contribution is 2.42. The molecule has 0 aromatic heterocycles. The SMILES string of the molecule is C=C1c2cc([N+](=O)[O-])ccc2N(S(=O)(=O)c2ccc(C)cc2)N1C. The van der Waals surface area contributed by atoms with Crippen LogP contribution in [0.3, 0.4) is 0 Å². The lowest BCUT2D eigenvalue weighted by atomic mass is 10.1. The molecule has 0 saturated carbocycles. The van der Waals surface area contributed by atoms with Crippen LogP contribution in [0.25, 0.3) is 5.70 Å². The molecule has 7 nitrogen and oxygen atoms in total. The first kappa shape index (κ1) is 16.0. The van der Waals surface area contributed by atoms with Crippen LogP contribution in [0.15, 0.2) is 53.9 Å². The van der Waals surface area contributed by atoms with E-state index in [-0.39, 0.29) is 10.6 Å². The fourth-order valence-electron chi connectivity index (χ4n) is 2.58. The van der Waals surface area contributed by atoms with Gasteiger partial charge in [-0.25, -0.2) is 0 Å². The van der Waals surface area contributed by atoms with Crippen molar-refractivity contribution < 1.29 is 13.3 Å². The van der Waals surface area contributed by atoms with Gasteiger partial charge in [0.05, 0.1) is 21.2 Å². The zero-order valence-electron chi connectivity index (χ0n) is 13.1. The molecule has 2 aromatic rings. The van der Waals surface area contributed by atoms with Crippen molar-refractivity contribution >= 4 is 27.1 Å². The van der Waals surface area contributed by atoms with Crippen molar-refractivity contribution in [3.05, 3.63) is 70.3 Å². The number of nitro benzene ring substituents is 1. The van der Waals surface area contributed by atoms with Gasteiger partial charge in [0.15, 0.2) is 0 Å². The Kier molecular flexibility index (Phi) is 3.56. The van der Waals surface area contributed by atoms with E-state index in [2.05, 4.69) is 6.58 Å². The van der Waals surface area contributed by atoms with Crippen LogP contribution in [0, 0.1) is 17.0 Å². The number of nitro groups is 1. The molecule has 1 heterocycles. The Morgan fingerprint density at radius 2 is 1.75 bits per heavy atom. The van der Waals surface area contributed by atoms with Gasteiger partial charge in [-0.3, -0.25) is 15.1 Å². The topological polar surface area (TPSA) is 83.8 Å². The fraction of sp³-hybridized carbons (Fsp3) is 0.125. The van der Waals surface area contributed by atoms with Gasteiger partial charge in [-0.2, -0.15) is 12.8 Å². The van der Waals surface area contributed by atoms with Crippen LogP contribution in [0.5, 0.6) is 0 Å². The van der Waals surface area contributed by atoms with Gasteiger partial charge in [-0.15, -0.1) is 0 Å². The van der Waals surface area contributed by atoms with Gasteiger partial charge in [-0.05, 0) is 25.1 Å². The highest BCUT2D eigenvalue weighted by atomic mass is 32.2. The van der Waals surface area contributed by atoms with Gasteiger partial charge in [-0.1, -0.05) is 24.3 Å². The average Bonchev–Trinajstić information content (AvgIpc) is 2.79. The summed E-state index contributed by atoms with van der Waals surface area (Å²) in [6.45, 7) is 5.72. The van der Waals surface area contributed by atoms with Gasteiger partial charge in [0.25, 0.3) is 15.7 Å². The first-order chi connectivity index (χ1) is 11.2. The van der Waals surface area contributed by atoms with Gasteiger partial charge < -0.3 is 0 Å². The number of hydrogen-bond acceptors (Lipinski definition) is 5. The van der Waals surface area contributed by atoms with Crippen LogP contribution in [-0.2, 0) is 10.0 Å². The highest BCUT2D eigenvalue weighted by Gasteiger charge is 2.38. The maximum absolute atomic E-state index is 13.0. The summed E-state index contributed by atoms with van der Waals surface area (Å²) in [7, 11) is -2.30. The van der Waals surface area contributed by atoms with Crippen LogP contribution in [0.1, 0.15) is 11.1 Å². The Bertz CT molecular complexity index is 952. The molecule has 24 heavy (non-hydrogen) atoms. The molecule has 1 aliphatic heterocycles. The number of anilines is 1. The summed E-state index contributed by atoms with van der Waals surface area (Å²) in [5, 5.41) is 12.3. The summed E-state index contributed by atoms with van der Waals surface area (Å²) >= 11 is 0. The van der Waals surface area contributed by atoms with Gasteiger partial charge in [0.1, 0.15) is 0 Å². The molecule has 0 radical (unpaired) electrons. The van der Waals surface area contributed by atoms with Crippen LogP contribution < -0.4 is 4.41 Å². The van der Waals surface area contributed by atoms with Crippen molar-refractivity contribution in [3.63, 3.8) is 0 Å². The van der Waals surface area contributed by atoms with Crippen molar-refractivity contribution in [2.75, 3.05) is 11.5 Å². The van der Waals surface area contributed by atoms with Crippen molar-refractivity contribution in [2.45, 2.75) is 11.8 Å². The molecule has 8 heteroatoms. The number of non-ortho nitro benzene ring substituents is 1. The number of benzene rings is 2. The number of nitrogens with zero attached hydrogens (tertiary/aromatic N) is 3. The van der Waals surface area contributed by atoms with Crippen LogP contribution in [-0.4, -0.2) is 25.4 Å². The average molecular weight is 345 g/mol. The van der Waals surface area contributed by atoms with E-state index in [0.717, 1.165) is 9.98 Å². The third-order valence-corrected chi connectivity index (χ3v) is 5.68. The molecular weight excluding hydrogens is 330 g/mol. The van der Waals surface area contributed by atoms with E-state index in [1.165, 1.54) is 35.3 Å². The zero-order valence-corrected chi connectivity index (χ0v) is 13.9. The molecule has 0 bridgehead atoms. The van der Waals surface area contributed by atoms with Crippen LogP contribution >= 0.6 is 0 Å². The van der Waals surface area contributed by atoms with Gasteiger partial charge >= 0.3 is 0 Å². The molecule has 1 aliphatic rings. The lowest BCUT2D eigenvalue weighted by Gasteiger charge is -2.27. The number of rotatable bonds is 3. The van der Waals surface area contributed by atoms with E-state index in [4.69, 9.17) is 0 Å². The van der Waals surface area contributed by atoms with E-state index in [1.54, 1.807) is 19.2 Å². The standard InChI is InChI=1S/C16H15N3O4S/c1-11-4-7-14(8-5-11)24(22,23)18-16-9-6-13(19(20)21)10-15(16)12(2)17(18)3/h4-10H,2H2,1,3H3. The molecule has 124 valence electrons. The minimum Gasteiger partial charge on any atom is -0.274 e. The van der Waals surface area contributed by atoms with Crippen molar-refractivity contribution in [2.24, 2.45) is 0 Å². The van der Waals surface area contributed by atoms with Gasteiger partial charge in [0.2, 0.25) is 0 Å². The number of hydrogen-bond donors (Lipinski definition) is 0. The Hall–Kier alpha value is -2.87. The smallest absolute Gasteiger partial charge is 0.274 e. The summed E-state index contributed by atoms with van der Waals surface area (Å²) in [4.78, 5) is 10.6. The van der Waals surface area contributed by atoms with Crippen LogP contribution in [0.4, 0.5) is 11.4 Å². The second-order valence-electron chi connectivity index (χ2n) is 5.49. The molecule has 0 fully saturated rings. The molecule has 3 rings (SSSR count). The fourth-order valence-corrected chi connectivity index (χ4v) is 4.10. The van der Waals surface area contributed by atoms with E-state index in [0.29, 0.717) is 16.9 Å². The molecule has 0 amide bonds. The second kappa shape index (κ2) is 5.34. The quantitative estimate of drug-likeness (QED) is 0.631. The summed E-state index contributed by atoms with van der Waals surface area (Å²) in [5.74, 6) is 0. The predicted octanol–water partition coefficient (Wildman–Crippen LogP) is 2.93. The predicted molar refractivity (Wildman–Crippen MR) is 90.7 cm³/mol. The minimum absolute atomic E-state index is 0.113. The first-order valence-electron chi connectivity index (χ1n) is 7.07. The van der Waals surface area contributed by atoms with Crippen LogP contribution in [0.2, 0.25) is 0 Å². The normalized spacial score (nSPS) is 14.0.